The zero-order valence-corrected chi connectivity index (χ0v) is 10.7. The molecule has 0 saturated carbocycles. The maximum Gasteiger partial charge on any atom is 0.314 e. The van der Waals surface area contributed by atoms with Crippen LogP contribution in [0.25, 0.3) is 0 Å². The van der Waals surface area contributed by atoms with Gasteiger partial charge in [-0.3, -0.25) is 0 Å². The predicted octanol–water partition coefficient (Wildman–Crippen LogP) is 2.72. The highest BCUT2D eigenvalue weighted by Crippen LogP contribution is 2.04. The summed E-state index contributed by atoms with van der Waals surface area (Å²) in [5.74, 6) is 0. The van der Waals surface area contributed by atoms with Gasteiger partial charge in [0.25, 0.3) is 0 Å². The second kappa shape index (κ2) is 7.71. The number of aryl methyl sites for hydroxylation is 1. The van der Waals surface area contributed by atoms with Crippen LogP contribution in [0.1, 0.15) is 32.3 Å². The first kappa shape index (κ1) is 13.6. The second-order valence-electron chi connectivity index (χ2n) is 4.33. The monoisotopic (exact) mass is 234 g/mol. The van der Waals surface area contributed by atoms with E-state index in [-0.39, 0.29) is 12.1 Å². The zero-order chi connectivity index (χ0) is 12.5. The Bertz CT molecular complexity index is 324. The van der Waals surface area contributed by atoms with Crippen molar-refractivity contribution in [3.05, 3.63) is 35.9 Å². The minimum Gasteiger partial charge on any atom is -0.338 e. The van der Waals surface area contributed by atoms with Gasteiger partial charge in [0, 0.05) is 12.6 Å². The van der Waals surface area contributed by atoms with Crippen LogP contribution in [0.2, 0.25) is 0 Å². The van der Waals surface area contributed by atoms with E-state index in [9.17, 15) is 4.79 Å². The molecule has 2 N–H and O–H groups in total. The molecule has 0 saturated heterocycles. The van der Waals surface area contributed by atoms with Crippen LogP contribution in [-0.4, -0.2) is 18.6 Å². The van der Waals surface area contributed by atoms with Crippen LogP contribution in [0.3, 0.4) is 0 Å². The summed E-state index contributed by atoms with van der Waals surface area (Å²) in [6.07, 6.45) is 2.92. The summed E-state index contributed by atoms with van der Waals surface area (Å²) in [7, 11) is 0. The number of amides is 2. The van der Waals surface area contributed by atoms with Crippen LogP contribution in [0.15, 0.2) is 30.3 Å². The lowest BCUT2D eigenvalue weighted by molar-refractivity contribution is 0.237. The summed E-state index contributed by atoms with van der Waals surface area (Å²) in [5, 5.41) is 5.75. The van der Waals surface area contributed by atoms with Crippen molar-refractivity contribution in [3.63, 3.8) is 0 Å². The Labute approximate surface area is 104 Å². The number of rotatable bonds is 6. The molecular formula is C14H22N2O. The number of urea groups is 1. The molecule has 1 atom stereocenters. The van der Waals surface area contributed by atoms with Crippen LogP contribution in [-0.2, 0) is 6.42 Å². The number of hydrogen-bond acceptors (Lipinski definition) is 1. The van der Waals surface area contributed by atoms with E-state index < -0.39 is 0 Å². The van der Waals surface area contributed by atoms with Gasteiger partial charge in [0.2, 0.25) is 0 Å². The molecule has 3 nitrogen and oxygen atoms in total. The van der Waals surface area contributed by atoms with Gasteiger partial charge in [0.05, 0.1) is 0 Å². The minimum absolute atomic E-state index is 0.0626. The smallest absolute Gasteiger partial charge is 0.314 e. The van der Waals surface area contributed by atoms with Gasteiger partial charge >= 0.3 is 6.03 Å². The highest BCUT2D eigenvalue weighted by Gasteiger charge is 2.06. The van der Waals surface area contributed by atoms with Gasteiger partial charge in [-0.2, -0.15) is 0 Å². The summed E-state index contributed by atoms with van der Waals surface area (Å²) in [4.78, 5) is 11.4. The van der Waals surface area contributed by atoms with Crippen molar-refractivity contribution in [1.82, 2.24) is 10.6 Å². The van der Waals surface area contributed by atoms with E-state index >= 15 is 0 Å². The topological polar surface area (TPSA) is 41.1 Å². The fraction of sp³-hybridized carbons (Fsp3) is 0.500. The Hall–Kier alpha value is -1.51. The number of benzene rings is 1. The normalized spacial score (nSPS) is 11.9. The highest BCUT2D eigenvalue weighted by molar-refractivity contribution is 5.74. The van der Waals surface area contributed by atoms with E-state index in [1.54, 1.807) is 0 Å². The van der Waals surface area contributed by atoms with Crippen LogP contribution < -0.4 is 10.6 Å². The van der Waals surface area contributed by atoms with Gasteiger partial charge in [0.15, 0.2) is 0 Å². The van der Waals surface area contributed by atoms with E-state index in [0.29, 0.717) is 0 Å². The molecule has 0 spiro atoms. The Kier molecular flexibility index (Phi) is 6.15. The van der Waals surface area contributed by atoms with Gasteiger partial charge in [-0.25, -0.2) is 4.79 Å². The van der Waals surface area contributed by atoms with E-state index in [2.05, 4.69) is 22.8 Å². The average molecular weight is 234 g/mol. The Balaban J connectivity index is 2.21. The van der Waals surface area contributed by atoms with Crippen molar-refractivity contribution >= 4 is 6.03 Å². The lowest BCUT2D eigenvalue weighted by Crippen LogP contribution is -2.41. The first-order valence-electron chi connectivity index (χ1n) is 6.30. The predicted molar refractivity (Wildman–Crippen MR) is 71.1 cm³/mol. The molecule has 0 aliphatic heterocycles. The van der Waals surface area contributed by atoms with Crippen LogP contribution in [0.4, 0.5) is 4.79 Å². The van der Waals surface area contributed by atoms with Crippen LogP contribution in [0.5, 0.6) is 0 Å². The van der Waals surface area contributed by atoms with Gasteiger partial charge < -0.3 is 10.6 Å². The van der Waals surface area contributed by atoms with Crippen LogP contribution in [0, 0.1) is 0 Å². The molecule has 17 heavy (non-hydrogen) atoms. The molecule has 0 aromatic heterocycles. The molecule has 0 heterocycles. The summed E-state index contributed by atoms with van der Waals surface area (Å²) in [5.41, 5.74) is 1.31. The maximum atomic E-state index is 11.4. The quantitative estimate of drug-likeness (QED) is 0.780. The number of carbonyl (C=O) groups is 1. The third-order valence-corrected chi connectivity index (χ3v) is 2.62. The first-order chi connectivity index (χ1) is 8.22. The highest BCUT2D eigenvalue weighted by atomic mass is 16.2. The standard InChI is InChI=1S/C14H22N2O/c1-3-11-15-14(17)16-12(2)9-10-13-7-5-4-6-8-13/h4-8,12H,3,9-11H2,1-2H3,(H2,15,16,17)/t12-/m1/s1. The largest absolute Gasteiger partial charge is 0.338 e. The van der Waals surface area contributed by atoms with E-state index in [4.69, 9.17) is 0 Å². The molecule has 0 radical (unpaired) electrons. The van der Waals surface area contributed by atoms with E-state index in [1.807, 2.05) is 32.0 Å². The van der Waals surface area contributed by atoms with Crippen molar-refractivity contribution in [2.75, 3.05) is 6.54 Å². The van der Waals surface area contributed by atoms with Crippen molar-refractivity contribution in [3.8, 4) is 0 Å². The van der Waals surface area contributed by atoms with Crippen molar-refractivity contribution in [1.29, 1.82) is 0 Å². The average Bonchev–Trinajstić information content (AvgIpc) is 2.35. The lowest BCUT2D eigenvalue weighted by atomic mass is 10.1. The summed E-state index contributed by atoms with van der Waals surface area (Å²) in [6.45, 7) is 4.81. The molecule has 1 rings (SSSR count). The summed E-state index contributed by atoms with van der Waals surface area (Å²) < 4.78 is 0. The zero-order valence-electron chi connectivity index (χ0n) is 10.7. The van der Waals surface area contributed by atoms with Crippen molar-refractivity contribution in [2.45, 2.75) is 39.2 Å². The molecule has 94 valence electrons. The first-order valence-corrected chi connectivity index (χ1v) is 6.30. The molecular weight excluding hydrogens is 212 g/mol. The van der Waals surface area contributed by atoms with Crippen LogP contribution >= 0.6 is 0 Å². The lowest BCUT2D eigenvalue weighted by Gasteiger charge is -2.14. The molecule has 0 bridgehead atoms. The second-order valence-corrected chi connectivity index (χ2v) is 4.33. The third kappa shape index (κ3) is 5.95. The molecule has 3 heteroatoms. The molecule has 1 aromatic carbocycles. The number of hydrogen-bond donors (Lipinski definition) is 2. The molecule has 0 aliphatic rings. The molecule has 0 fully saturated rings. The Morgan fingerprint density at radius 1 is 1.29 bits per heavy atom. The Morgan fingerprint density at radius 2 is 2.00 bits per heavy atom. The molecule has 0 unspecified atom stereocenters. The number of nitrogens with one attached hydrogen (secondary N) is 2. The maximum absolute atomic E-state index is 11.4. The molecule has 0 aliphatic carbocycles. The minimum atomic E-state index is -0.0626. The SMILES string of the molecule is CCCNC(=O)N[C@H](C)CCc1ccccc1. The van der Waals surface area contributed by atoms with Gasteiger partial charge in [-0.05, 0) is 31.7 Å². The van der Waals surface area contributed by atoms with E-state index in [1.165, 1.54) is 5.56 Å². The van der Waals surface area contributed by atoms with Gasteiger partial charge in [-0.15, -0.1) is 0 Å². The Morgan fingerprint density at radius 3 is 2.65 bits per heavy atom. The molecule has 1 aromatic rings. The molecule has 2 amide bonds. The third-order valence-electron chi connectivity index (χ3n) is 2.62. The fourth-order valence-electron chi connectivity index (χ4n) is 1.61. The van der Waals surface area contributed by atoms with Crippen molar-refractivity contribution in [2.24, 2.45) is 0 Å². The fourth-order valence-corrected chi connectivity index (χ4v) is 1.61. The van der Waals surface area contributed by atoms with Gasteiger partial charge in [-0.1, -0.05) is 37.3 Å². The summed E-state index contributed by atoms with van der Waals surface area (Å²) >= 11 is 0. The van der Waals surface area contributed by atoms with E-state index in [0.717, 1.165) is 25.8 Å². The number of carbonyl (C=O) groups excluding carboxylic acids is 1. The van der Waals surface area contributed by atoms with Gasteiger partial charge in [0.1, 0.15) is 0 Å². The summed E-state index contributed by atoms with van der Waals surface area (Å²) in [6, 6.07) is 10.5. The van der Waals surface area contributed by atoms with Crippen molar-refractivity contribution < 1.29 is 4.79 Å².